The number of benzene rings is 1. The molecule has 1 N–H and O–H groups in total. The number of hydrogen-bond donors (Lipinski definition) is 1. The van der Waals surface area contributed by atoms with Gasteiger partial charge in [0, 0.05) is 18.9 Å². The second-order valence-corrected chi connectivity index (χ2v) is 6.86. The van der Waals surface area contributed by atoms with Gasteiger partial charge in [-0.3, -0.25) is 4.98 Å². The third-order valence-corrected chi connectivity index (χ3v) is 4.96. The number of carbonyl (C=O) groups is 2. The molecule has 0 radical (unpaired) electrons. The van der Waals surface area contributed by atoms with Crippen LogP contribution in [0.25, 0.3) is 0 Å². The molecule has 1 aliphatic carbocycles. The van der Waals surface area contributed by atoms with Gasteiger partial charge in [0.2, 0.25) is 0 Å². The molecule has 0 saturated heterocycles. The van der Waals surface area contributed by atoms with Gasteiger partial charge in [-0.15, -0.1) is 0 Å². The predicted molar refractivity (Wildman–Crippen MR) is 104 cm³/mol. The molecule has 1 unspecified atom stereocenters. The lowest BCUT2D eigenvalue weighted by atomic mass is 10.2. The molecular weight excluding hydrogens is 342 g/mol. The number of pyridine rings is 1. The largest absolute Gasteiger partial charge is 0.459 e. The summed E-state index contributed by atoms with van der Waals surface area (Å²) in [4.78, 5) is 30.5. The fourth-order valence-electron chi connectivity index (χ4n) is 3.12. The molecule has 142 valence electrons. The Morgan fingerprint density at radius 1 is 1.15 bits per heavy atom. The SMILES string of the molecule is CC(c1ccccn1)N(C)C(=O)Nc1ccc(C(=O)OC2CCCC2)cc1. The maximum atomic E-state index is 12.5. The summed E-state index contributed by atoms with van der Waals surface area (Å²) < 4.78 is 5.50. The third kappa shape index (κ3) is 4.84. The lowest BCUT2D eigenvalue weighted by Crippen LogP contribution is -2.33. The molecule has 1 heterocycles. The van der Waals surface area contributed by atoms with Crippen LogP contribution in [0, 0.1) is 0 Å². The minimum Gasteiger partial charge on any atom is -0.459 e. The van der Waals surface area contributed by atoms with E-state index in [-0.39, 0.29) is 24.1 Å². The van der Waals surface area contributed by atoms with Crippen LogP contribution in [-0.4, -0.2) is 35.0 Å². The predicted octanol–water partition coefficient (Wildman–Crippen LogP) is 4.41. The highest BCUT2D eigenvalue weighted by atomic mass is 16.5. The summed E-state index contributed by atoms with van der Waals surface area (Å²) in [7, 11) is 1.72. The van der Waals surface area contributed by atoms with Crippen molar-refractivity contribution in [2.45, 2.75) is 44.8 Å². The number of rotatable bonds is 5. The van der Waals surface area contributed by atoms with Gasteiger partial charge in [0.15, 0.2) is 0 Å². The highest BCUT2D eigenvalue weighted by molar-refractivity contribution is 5.92. The summed E-state index contributed by atoms with van der Waals surface area (Å²) in [5.74, 6) is -0.305. The molecule has 0 spiro atoms. The van der Waals surface area contributed by atoms with Crippen LogP contribution < -0.4 is 5.32 Å². The lowest BCUT2D eigenvalue weighted by Gasteiger charge is -2.24. The molecule has 1 aromatic heterocycles. The van der Waals surface area contributed by atoms with E-state index in [0.717, 1.165) is 31.4 Å². The van der Waals surface area contributed by atoms with Crippen molar-refractivity contribution in [3.05, 3.63) is 59.9 Å². The molecule has 6 heteroatoms. The molecular formula is C21H25N3O3. The van der Waals surface area contributed by atoms with E-state index in [0.29, 0.717) is 11.3 Å². The Morgan fingerprint density at radius 3 is 2.48 bits per heavy atom. The summed E-state index contributed by atoms with van der Waals surface area (Å²) in [6.07, 6.45) is 5.88. The standard InChI is InChI=1S/C21H25N3O3/c1-15(19-9-5-6-14-22-19)24(2)21(26)23-17-12-10-16(11-13-17)20(25)27-18-7-3-4-8-18/h5-6,9-15,18H,3-4,7-8H2,1-2H3,(H,23,26). The van der Waals surface area contributed by atoms with Crippen molar-refractivity contribution in [2.75, 3.05) is 12.4 Å². The first-order valence-electron chi connectivity index (χ1n) is 9.30. The summed E-state index contributed by atoms with van der Waals surface area (Å²) in [6, 6.07) is 12.0. The first-order chi connectivity index (χ1) is 13.0. The number of nitrogens with one attached hydrogen (secondary N) is 1. The maximum Gasteiger partial charge on any atom is 0.338 e. The molecule has 6 nitrogen and oxygen atoms in total. The minimum absolute atomic E-state index is 0.0404. The van der Waals surface area contributed by atoms with Crippen molar-refractivity contribution in [3.8, 4) is 0 Å². The van der Waals surface area contributed by atoms with Crippen LogP contribution in [0.5, 0.6) is 0 Å². The zero-order chi connectivity index (χ0) is 19.2. The molecule has 27 heavy (non-hydrogen) atoms. The monoisotopic (exact) mass is 367 g/mol. The van der Waals surface area contributed by atoms with E-state index in [9.17, 15) is 9.59 Å². The summed E-state index contributed by atoms with van der Waals surface area (Å²) in [5, 5.41) is 2.84. The Morgan fingerprint density at radius 2 is 1.85 bits per heavy atom. The molecule has 3 rings (SSSR count). The number of anilines is 1. The Hall–Kier alpha value is -2.89. The fraction of sp³-hybridized carbons (Fsp3) is 0.381. The average molecular weight is 367 g/mol. The highest BCUT2D eigenvalue weighted by Gasteiger charge is 2.21. The molecule has 0 bridgehead atoms. The lowest BCUT2D eigenvalue weighted by molar-refractivity contribution is 0.0318. The van der Waals surface area contributed by atoms with Crippen molar-refractivity contribution >= 4 is 17.7 Å². The minimum atomic E-state index is -0.305. The maximum absolute atomic E-state index is 12.5. The van der Waals surface area contributed by atoms with Crippen LogP contribution >= 0.6 is 0 Å². The molecule has 2 aromatic rings. The van der Waals surface area contributed by atoms with Crippen LogP contribution in [0.3, 0.4) is 0 Å². The first kappa shape index (κ1) is 18.9. The van der Waals surface area contributed by atoms with Gasteiger partial charge in [-0.25, -0.2) is 9.59 Å². The van der Waals surface area contributed by atoms with Gasteiger partial charge in [0.25, 0.3) is 0 Å². The topological polar surface area (TPSA) is 71.5 Å². The molecule has 1 aliphatic rings. The first-order valence-corrected chi connectivity index (χ1v) is 9.30. The van der Waals surface area contributed by atoms with Gasteiger partial charge in [0.05, 0.1) is 17.3 Å². The van der Waals surface area contributed by atoms with E-state index in [1.54, 1.807) is 42.4 Å². The molecule has 1 saturated carbocycles. The number of ether oxygens (including phenoxy) is 1. The van der Waals surface area contributed by atoms with Crippen molar-refractivity contribution in [1.82, 2.24) is 9.88 Å². The Kier molecular flexibility index (Phi) is 6.06. The van der Waals surface area contributed by atoms with Gasteiger partial charge in [-0.05, 0) is 69.0 Å². The van der Waals surface area contributed by atoms with Gasteiger partial charge < -0.3 is 15.0 Å². The van der Waals surface area contributed by atoms with Crippen LogP contribution in [-0.2, 0) is 4.74 Å². The molecule has 1 aromatic carbocycles. The van der Waals surface area contributed by atoms with Crippen molar-refractivity contribution in [2.24, 2.45) is 0 Å². The van der Waals surface area contributed by atoms with E-state index in [1.807, 2.05) is 25.1 Å². The fourth-order valence-corrected chi connectivity index (χ4v) is 3.12. The summed E-state index contributed by atoms with van der Waals surface area (Å²) in [6.45, 7) is 1.92. The Balaban J connectivity index is 1.57. The number of hydrogen-bond acceptors (Lipinski definition) is 4. The van der Waals surface area contributed by atoms with Gasteiger partial charge >= 0.3 is 12.0 Å². The normalized spacial score (nSPS) is 15.2. The Labute approximate surface area is 159 Å². The summed E-state index contributed by atoms with van der Waals surface area (Å²) >= 11 is 0. The van der Waals surface area contributed by atoms with E-state index >= 15 is 0 Å². The van der Waals surface area contributed by atoms with E-state index < -0.39 is 0 Å². The number of carbonyl (C=O) groups excluding carboxylic acids is 2. The number of aromatic nitrogens is 1. The van der Waals surface area contributed by atoms with E-state index in [2.05, 4.69) is 10.3 Å². The van der Waals surface area contributed by atoms with E-state index in [4.69, 9.17) is 4.74 Å². The quantitative estimate of drug-likeness (QED) is 0.795. The van der Waals surface area contributed by atoms with Crippen LogP contribution in [0.4, 0.5) is 10.5 Å². The zero-order valence-corrected chi connectivity index (χ0v) is 15.7. The second kappa shape index (κ2) is 8.66. The van der Waals surface area contributed by atoms with Crippen LogP contribution in [0.1, 0.15) is 54.7 Å². The molecule has 1 fully saturated rings. The summed E-state index contributed by atoms with van der Waals surface area (Å²) in [5.41, 5.74) is 1.94. The number of urea groups is 1. The number of nitrogens with zero attached hydrogens (tertiary/aromatic N) is 2. The molecule has 0 aliphatic heterocycles. The van der Waals surface area contributed by atoms with Crippen molar-refractivity contribution in [1.29, 1.82) is 0 Å². The van der Waals surface area contributed by atoms with E-state index in [1.165, 1.54) is 0 Å². The van der Waals surface area contributed by atoms with Gasteiger partial charge in [0.1, 0.15) is 6.10 Å². The number of esters is 1. The third-order valence-electron chi connectivity index (χ3n) is 4.96. The van der Waals surface area contributed by atoms with Crippen LogP contribution in [0.2, 0.25) is 0 Å². The van der Waals surface area contributed by atoms with Gasteiger partial charge in [-0.2, -0.15) is 0 Å². The number of amides is 2. The second-order valence-electron chi connectivity index (χ2n) is 6.86. The van der Waals surface area contributed by atoms with Crippen LogP contribution in [0.15, 0.2) is 48.7 Å². The Bertz CT molecular complexity index is 771. The van der Waals surface area contributed by atoms with Crippen molar-refractivity contribution in [3.63, 3.8) is 0 Å². The van der Waals surface area contributed by atoms with Gasteiger partial charge in [-0.1, -0.05) is 6.07 Å². The smallest absolute Gasteiger partial charge is 0.338 e. The molecule has 2 amide bonds. The zero-order valence-electron chi connectivity index (χ0n) is 15.7. The van der Waals surface area contributed by atoms with Crippen molar-refractivity contribution < 1.29 is 14.3 Å². The average Bonchev–Trinajstić information content (AvgIpc) is 3.21. The molecule has 1 atom stereocenters. The highest BCUT2D eigenvalue weighted by Crippen LogP contribution is 2.23.